The van der Waals surface area contributed by atoms with Crippen molar-refractivity contribution in [2.75, 3.05) is 18.4 Å². The van der Waals surface area contributed by atoms with Gasteiger partial charge >= 0.3 is 0 Å². The molecule has 0 unspecified atom stereocenters. The molecular formula is C23H29FN6O2. The van der Waals surface area contributed by atoms with Crippen LogP contribution in [0.25, 0.3) is 0 Å². The number of nitrogens with zero attached hydrogens (tertiary/aromatic N) is 3. The monoisotopic (exact) mass is 440 g/mol. The van der Waals surface area contributed by atoms with E-state index >= 15 is 0 Å². The fourth-order valence-electron chi connectivity index (χ4n) is 4.81. The first-order chi connectivity index (χ1) is 15.5. The minimum Gasteiger partial charge on any atom is -0.393 e. The molecule has 0 atom stereocenters. The number of benzene rings is 1. The zero-order chi connectivity index (χ0) is 22.6. The van der Waals surface area contributed by atoms with E-state index in [0.29, 0.717) is 23.1 Å². The molecule has 2 aliphatic rings. The van der Waals surface area contributed by atoms with Crippen molar-refractivity contribution in [3.63, 3.8) is 0 Å². The Bertz CT molecular complexity index is 954. The minimum atomic E-state index is -0.567. The van der Waals surface area contributed by atoms with Crippen molar-refractivity contribution in [3.8, 4) is 6.07 Å². The summed E-state index contributed by atoms with van der Waals surface area (Å²) < 4.78 is 13.2. The van der Waals surface area contributed by atoms with Gasteiger partial charge in [0, 0.05) is 24.8 Å². The van der Waals surface area contributed by atoms with Crippen LogP contribution < -0.4 is 10.6 Å². The number of amides is 1. The van der Waals surface area contributed by atoms with Gasteiger partial charge in [-0.3, -0.25) is 9.89 Å². The maximum atomic E-state index is 13.2. The molecule has 2 heterocycles. The summed E-state index contributed by atoms with van der Waals surface area (Å²) in [5, 5.41) is 32.1. The largest absolute Gasteiger partial charge is 0.393 e. The van der Waals surface area contributed by atoms with Gasteiger partial charge in [0.2, 0.25) is 0 Å². The fourth-order valence-corrected chi connectivity index (χ4v) is 4.81. The molecule has 4 N–H and O–H groups in total. The van der Waals surface area contributed by atoms with Crippen LogP contribution in [0.4, 0.5) is 15.9 Å². The number of aliphatic hydroxyl groups excluding tert-OH is 1. The number of aliphatic hydroxyl groups is 1. The third-order valence-electron chi connectivity index (χ3n) is 6.72. The second-order valence-corrected chi connectivity index (χ2v) is 8.86. The molecule has 170 valence electrons. The lowest BCUT2D eigenvalue weighted by Gasteiger charge is -2.44. The number of piperidine rings is 1. The highest BCUT2D eigenvalue weighted by Crippen LogP contribution is 2.35. The number of carbonyl (C=O) groups excluding carboxylic acids is 1. The highest BCUT2D eigenvalue weighted by Gasteiger charge is 2.39. The van der Waals surface area contributed by atoms with E-state index in [1.807, 2.05) is 0 Å². The molecule has 32 heavy (non-hydrogen) atoms. The van der Waals surface area contributed by atoms with Crippen LogP contribution in [0.5, 0.6) is 0 Å². The van der Waals surface area contributed by atoms with Crippen molar-refractivity contribution >= 4 is 17.4 Å². The molecule has 1 saturated carbocycles. The Hall–Kier alpha value is -2.96. The second-order valence-electron chi connectivity index (χ2n) is 8.86. The van der Waals surface area contributed by atoms with E-state index in [0.717, 1.165) is 51.6 Å². The van der Waals surface area contributed by atoms with Gasteiger partial charge in [0.25, 0.3) is 5.91 Å². The van der Waals surface area contributed by atoms with E-state index in [1.165, 1.54) is 18.3 Å². The summed E-state index contributed by atoms with van der Waals surface area (Å²) in [6.45, 7) is 1.80. The number of hydrogen-bond acceptors (Lipinski definition) is 6. The summed E-state index contributed by atoms with van der Waals surface area (Å²) in [4.78, 5) is 15.6. The third-order valence-corrected chi connectivity index (χ3v) is 6.72. The molecule has 2 fully saturated rings. The highest BCUT2D eigenvalue weighted by molar-refractivity contribution is 5.99. The van der Waals surface area contributed by atoms with Crippen LogP contribution in [0.2, 0.25) is 0 Å². The number of likely N-dealkylation sites (tertiary alicyclic amines) is 1. The van der Waals surface area contributed by atoms with E-state index in [1.54, 1.807) is 12.1 Å². The summed E-state index contributed by atoms with van der Waals surface area (Å²) in [6, 6.07) is 8.51. The van der Waals surface area contributed by atoms with Crippen molar-refractivity contribution in [3.05, 3.63) is 41.8 Å². The number of anilines is 2. The Labute approximate surface area is 186 Å². The average molecular weight is 441 g/mol. The number of nitrogens with one attached hydrogen (secondary N) is 3. The Morgan fingerprint density at radius 2 is 1.94 bits per heavy atom. The van der Waals surface area contributed by atoms with E-state index < -0.39 is 5.54 Å². The van der Waals surface area contributed by atoms with Crippen molar-refractivity contribution in [1.82, 2.24) is 20.4 Å². The van der Waals surface area contributed by atoms with Gasteiger partial charge < -0.3 is 20.6 Å². The summed E-state index contributed by atoms with van der Waals surface area (Å²) >= 11 is 0. The topological polar surface area (TPSA) is 117 Å². The molecule has 1 aliphatic heterocycles. The van der Waals surface area contributed by atoms with Crippen LogP contribution in [0, 0.1) is 17.1 Å². The van der Waals surface area contributed by atoms with Crippen LogP contribution in [0.3, 0.4) is 0 Å². The van der Waals surface area contributed by atoms with E-state index in [-0.39, 0.29) is 24.2 Å². The van der Waals surface area contributed by atoms with Gasteiger partial charge in [-0.15, -0.1) is 0 Å². The zero-order valence-corrected chi connectivity index (χ0v) is 18.0. The van der Waals surface area contributed by atoms with E-state index in [2.05, 4.69) is 31.8 Å². The summed E-state index contributed by atoms with van der Waals surface area (Å²) in [5.41, 5.74) is 0.407. The fraction of sp³-hybridized carbons (Fsp3) is 0.522. The molecule has 9 heteroatoms. The van der Waals surface area contributed by atoms with Gasteiger partial charge in [0.05, 0.1) is 30.3 Å². The first-order valence-electron chi connectivity index (χ1n) is 11.2. The maximum absolute atomic E-state index is 13.2. The lowest BCUT2D eigenvalue weighted by atomic mass is 9.76. The molecule has 2 aromatic rings. The third kappa shape index (κ3) is 5.09. The van der Waals surface area contributed by atoms with Crippen molar-refractivity contribution in [1.29, 1.82) is 5.26 Å². The Balaban J connectivity index is 1.41. The van der Waals surface area contributed by atoms with Crippen LogP contribution in [-0.4, -0.2) is 56.9 Å². The number of rotatable bonds is 6. The molecule has 1 aromatic carbocycles. The first kappa shape index (κ1) is 22.2. The van der Waals surface area contributed by atoms with Crippen molar-refractivity contribution in [2.45, 2.75) is 62.6 Å². The molecular weight excluding hydrogens is 411 g/mol. The van der Waals surface area contributed by atoms with Gasteiger partial charge in [-0.2, -0.15) is 10.4 Å². The quantitative estimate of drug-likeness (QED) is 0.548. The molecule has 4 rings (SSSR count). The number of hydrogen-bond donors (Lipinski definition) is 4. The summed E-state index contributed by atoms with van der Waals surface area (Å²) in [7, 11) is 0. The van der Waals surface area contributed by atoms with Crippen molar-refractivity contribution in [2.24, 2.45) is 0 Å². The van der Waals surface area contributed by atoms with Gasteiger partial charge in [-0.1, -0.05) is 0 Å². The lowest BCUT2D eigenvalue weighted by Crippen LogP contribution is -2.54. The molecule has 0 spiro atoms. The number of carbonyl (C=O) groups is 1. The normalized spacial score (nSPS) is 24.6. The number of aromatic nitrogens is 2. The van der Waals surface area contributed by atoms with Crippen molar-refractivity contribution < 1.29 is 14.3 Å². The predicted octanol–water partition coefficient (Wildman–Crippen LogP) is 3.07. The summed E-state index contributed by atoms with van der Waals surface area (Å²) in [6.07, 6.45) is 6.40. The van der Waals surface area contributed by atoms with Gasteiger partial charge in [-0.25, -0.2) is 4.39 Å². The smallest absolute Gasteiger partial charge is 0.257 e. The average Bonchev–Trinajstić information content (AvgIpc) is 3.25. The molecule has 1 aliphatic carbocycles. The van der Waals surface area contributed by atoms with Crippen LogP contribution in [0.1, 0.15) is 55.3 Å². The highest BCUT2D eigenvalue weighted by atomic mass is 19.1. The molecule has 1 saturated heterocycles. The predicted molar refractivity (Wildman–Crippen MR) is 118 cm³/mol. The first-order valence-corrected chi connectivity index (χ1v) is 11.2. The molecule has 0 radical (unpaired) electrons. The second kappa shape index (κ2) is 9.67. The number of aromatic amines is 1. The number of H-pyrrole nitrogens is 1. The molecule has 1 amide bonds. The lowest BCUT2D eigenvalue weighted by molar-refractivity contribution is 0.0381. The van der Waals surface area contributed by atoms with Gasteiger partial charge in [-0.05, 0) is 62.8 Å². The number of nitriles is 1. The van der Waals surface area contributed by atoms with Crippen LogP contribution >= 0.6 is 0 Å². The Kier molecular flexibility index (Phi) is 6.72. The number of halogens is 1. The standard InChI is InChI=1S/C23H29FN6O2/c24-16-1-3-17(4-2-16)27-21-20(15-26-29-21)22(32)28-23(11-12-25)9-5-18(6-10-23)30-13-7-19(31)8-14-30/h1-4,15,18-19,31H,5-11,13-14H2,(H,28,32)(H2,26,27,29). The molecule has 0 bridgehead atoms. The van der Waals surface area contributed by atoms with E-state index in [4.69, 9.17) is 0 Å². The van der Waals surface area contributed by atoms with Crippen LogP contribution in [-0.2, 0) is 0 Å². The van der Waals surface area contributed by atoms with E-state index in [9.17, 15) is 19.6 Å². The zero-order valence-electron chi connectivity index (χ0n) is 18.0. The maximum Gasteiger partial charge on any atom is 0.257 e. The summed E-state index contributed by atoms with van der Waals surface area (Å²) in [5.74, 6) is -0.215. The van der Waals surface area contributed by atoms with Crippen LogP contribution in [0.15, 0.2) is 30.5 Å². The Morgan fingerprint density at radius 1 is 1.25 bits per heavy atom. The Morgan fingerprint density at radius 3 is 2.59 bits per heavy atom. The molecule has 1 aromatic heterocycles. The van der Waals surface area contributed by atoms with Gasteiger partial charge in [0.15, 0.2) is 0 Å². The minimum absolute atomic E-state index is 0.195. The molecule has 8 nitrogen and oxygen atoms in total. The SMILES string of the molecule is N#CCC1(NC(=O)c2cn[nH]c2Nc2ccc(F)cc2)CCC(N2CCC(O)CC2)CC1. The van der Waals surface area contributed by atoms with Gasteiger partial charge in [0.1, 0.15) is 17.2 Å².